The van der Waals surface area contributed by atoms with Crippen molar-refractivity contribution in [2.75, 3.05) is 29.6 Å². The average Bonchev–Trinajstić information content (AvgIpc) is 3.35. The number of ether oxygens (including phenoxy) is 1. The van der Waals surface area contributed by atoms with Gasteiger partial charge in [0, 0.05) is 24.5 Å². The molecule has 0 saturated carbocycles. The first kappa shape index (κ1) is 19.3. The number of nitrogens with one attached hydrogen (secondary N) is 1. The van der Waals surface area contributed by atoms with E-state index in [1.807, 2.05) is 48.5 Å². The molecular weight excluding hydrogens is 386 g/mol. The van der Waals surface area contributed by atoms with Gasteiger partial charge in [-0.3, -0.25) is 9.36 Å². The Kier molecular flexibility index (Phi) is 5.71. The molecular formula is C21H23N5O2S. The number of methoxy groups -OCH3 is 1. The first-order valence-corrected chi connectivity index (χ1v) is 10.5. The molecule has 1 aliphatic heterocycles. The van der Waals surface area contributed by atoms with Crippen LogP contribution in [0.3, 0.4) is 0 Å². The minimum Gasteiger partial charge on any atom is -0.497 e. The second-order valence-electron chi connectivity index (χ2n) is 6.67. The SMILES string of the molecule is CCc1ccc(NC(=O)CSc2nnc3n2CCN3c2ccc(OC)cc2)cc1. The maximum Gasteiger partial charge on any atom is 0.234 e. The molecule has 0 aliphatic carbocycles. The summed E-state index contributed by atoms with van der Waals surface area (Å²) in [6, 6.07) is 15.8. The third-order valence-electron chi connectivity index (χ3n) is 4.85. The lowest BCUT2D eigenvalue weighted by molar-refractivity contribution is -0.113. The second-order valence-corrected chi connectivity index (χ2v) is 7.61. The zero-order chi connectivity index (χ0) is 20.2. The number of benzene rings is 2. The quantitative estimate of drug-likeness (QED) is 0.600. The monoisotopic (exact) mass is 409 g/mol. The Hall–Kier alpha value is -3.00. The number of amides is 1. The Balaban J connectivity index is 1.37. The Morgan fingerprint density at radius 1 is 1.10 bits per heavy atom. The number of aromatic nitrogens is 3. The molecule has 3 aromatic rings. The molecule has 4 rings (SSSR count). The van der Waals surface area contributed by atoms with E-state index in [2.05, 4.69) is 31.9 Å². The highest BCUT2D eigenvalue weighted by Crippen LogP contribution is 2.32. The Labute approximate surface area is 174 Å². The van der Waals surface area contributed by atoms with Crippen LogP contribution in [0.1, 0.15) is 12.5 Å². The van der Waals surface area contributed by atoms with Crippen molar-refractivity contribution < 1.29 is 9.53 Å². The van der Waals surface area contributed by atoms with Gasteiger partial charge in [0.2, 0.25) is 11.9 Å². The fourth-order valence-electron chi connectivity index (χ4n) is 3.24. The lowest BCUT2D eigenvalue weighted by Gasteiger charge is -2.15. The molecule has 1 amide bonds. The lowest BCUT2D eigenvalue weighted by Crippen LogP contribution is -2.14. The number of hydrogen-bond acceptors (Lipinski definition) is 6. The molecule has 0 bridgehead atoms. The highest BCUT2D eigenvalue weighted by Gasteiger charge is 2.26. The predicted octanol–water partition coefficient (Wildman–Crippen LogP) is 3.73. The molecule has 8 heteroatoms. The summed E-state index contributed by atoms with van der Waals surface area (Å²) in [5, 5.41) is 12.3. The molecule has 1 N–H and O–H groups in total. The maximum absolute atomic E-state index is 12.3. The van der Waals surface area contributed by atoms with E-state index in [-0.39, 0.29) is 11.7 Å². The van der Waals surface area contributed by atoms with Gasteiger partial charge < -0.3 is 15.0 Å². The molecule has 2 heterocycles. The Morgan fingerprint density at radius 3 is 2.55 bits per heavy atom. The molecule has 0 fully saturated rings. The number of carbonyl (C=O) groups is 1. The molecule has 0 radical (unpaired) electrons. The minimum absolute atomic E-state index is 0.0541. The van der Waals surface area contributed by atoms with Crippen molar-refractivity contribution in [2.24, 2.45) is 0 Å². The van der Waals surface area contributed by atoms with Gasteiger partial charge in [0.1, 0.15) is 5.75 Å². The molecule has 2 aromatic carbocycles. The van der Waals surface area contributed by atoms with Gasteiger partial charge in [0.25, 0.3) is 0 Å². The number of aryl methyl sites for hydroxylation is 1. The van der Waals surface area contributed by atoms with E-state index in [1.165, 1.54) is 17.3 Å². The summed E-state index contributed by atoms with van der Waals surface area (Å²) in [6.45, 7) is 3.72. The van der Waals surface area contributed by atoms with E-state index in [1.54, 1.807) is 7.11 Å². The van der Waals surface area contributed by atoms with E-state index in [4.69, 9.17) is 4.74 Å². The van der Waals surface area contributed by atoms with Gasteiger partial charge in [-0.2, -0.15) is 0 Å². The third kappa shape index (κ3) is 4.22. The standard InChI is InChI=1S/C21H23N5O2S/c1-3-15-4-6-16(7-5-15)22-19(27)14-29-21-24-23-20-25(12-13-26(20)21)17-8-10-18(28-2)11-9-17/h4-11H,3,12-14H2,1-2H3,(H,22,27). The van der Waals surface area contributed by atoms with E-state index in [0.29, 0.717) is 0 Å². The van der Waals surface area contributed by atoms with Crippen LogP contribution in [0.4, 0.5) is 17.3 Å². The van der Waals surface area contributed by atoms with Gasteiger partial charge in [-0.05, 0) is 48.4 Å². The fraction of sp³-hybridized carbons (Fsp3) is 0.286. The van der Waals surface area contributed by atoms with Gasteiger partial charge >= 0.3 is 0 Å². The van der Waals surface area contributed by atoms with Crippen molar-refractivity contribution in [3.8, 4) is 5.75 Å². The Bertz CT molecular complexity index is 985. The largest absolute Gasteiger partial charge is 0.497 e. The number of rotatable bonds is 7. The van der Waals surface area contributed by atoms with Crippen molar-refractivity contribution >= 4 is 35.0 Å². The summed E-state index contributed by atoms with van der Waals surface area (Å²) in [4.78, 5) is 14.4. The average molecular weight is 410 g/mol. The summed E-state index contributed by atoms with van der Waals surface area (Å²) in [6.07, 6.45) is 0.982. The van der Waals surface area contributed by atoms with Gasteiger partial charge in [-0.15, -0.1) is 10.2 Å². The summed E-state index contributed by atoms with van der Waals surface area (Å²) < 4.78 is 7.27. The summed E-state index contributed by atoms with van der Waals surface area (Å²) in [5.41, 5.74) is 3.10. The van der Waals surface area contributed by atoms with E-state index in [0.717, 1.165) is 47.7 Å². The van der Waals surface area contributed by atoms with Crippen molar-refractivity contribution in [1.82, 2.24) is 14.8 Å². The van der Waals surface area contributed by atoms with E-state index in [9.17, 15) is 4.79 Å². The van der Waals surface area contributed by atoms with Gasteiger partial charge in [0.05, 0.1) is 12.9 Å². The lowest BCUT2D eigenvalue weighted by atomic mass is 10.1. The van der Waals surface area contributed by atoms with Crippen molar-refractivity contribution in [3.63, 3.8) is 0 Å². The van der Waals surface area contributed by atoms with Crippen LogP contribution in [0, 0.1) is 0 Å². The molecule has 1 aliphatic rings. The first-order valence-electron chi connectivity index (χ1n) is 9.54. The molecule has 0 saturated heterocycles. The summed E-state index contributed by atoms with van der Waals surface area (Å²) in [7, 11) is 1.65. The highest BCUT2D eigenvalue weighted by molar-refractivity contribution is 7.99. The van der Waals surface area contributed by atoms with Crippen LogP contribution >= 0.6 is 11.8 Å². The molecule has 29 heavy (non-hydrogen) atoms. The van der Waals surface area contributed by atoms with Gasteiger partial charge in [-0.1, -0.05) is 30.8 Å². The topological polar surface area (TPSA) is 72.3 Å². The number of nitrogens with zero attached hydrogens (tertiary/aromatic N) is 4. The van der Waals surface area contributed by atoms with Crippen LogP contribution < -0.4 is 15.0 Å². The van der Waals surface area contributed by atoms with Crippen LogP contribution in [0.2, 0.25) is 0 Å². The van der Waals surface area contributed by atoms with Crippen molar-refractivity contribution in [3.05, 3.63) is 54.1 Å². The van der Waals surface area contributed by atoms with Crippen molar-refractivity contribution in [1.29, 1.82) is 0 Å². The molecule has 0 atom stereocenters. The third-order valence-corrected chi connectivity index (χ3v) is 5.82. The number of anilines is 3. The summed E-state index contributed by atoms with van der Waals surface area (Å²) in [5.74, 6) is 1.85. The van der Waals surface area contributed by atoms with Crippen LogP contribution in [0.25, 0.3) is 0 Å². The zero-order valence-corrected chi connectivity index (χ0v) is 17.3. The molecule has 150 valence electrons. The highest BCUT2D eigenvalue weighted by atomic mass is 32.2. The maximum atomic E-state index is 12.3. The molecule has 1 aromatic heterocycles. The molecule has 7 nitrogen and oxygen atoms in total. The van der Waals surface area contributed by atoms with Crippen LogP contribution in [0.5, 0.6) is 5.75 Å². The van der Waals surface area contributed by atoms with Gasteiger partial charge in [-0.25, -0.2) is 0 Å². The normalized spacial score (nSPS) is 12.7. The number of fused-ring (bicyclic) bond motifs is 1. The summed E-state index contributed by atoms with van der Waals surface area (Å²) >= 11 is 1.40. The zero-order valence-electron chi connectivity index (χ0n) is 16.5. The van der Waals surface area contributed by atoms with Crippen LogP contribution in [0.15, 0.2) is 53.7 Å². The van der Waals surface area contributed by atoms with E-state index < -0.39 is 0 Å². The van der Waals surface area contributed by atoms with Crippen LogP contribution in [-0.4, -0.2) is 40.1 Å². The Morgan fingerprint density at radius 2 is 1.86 bits per heavy atom. The number of thioether (sulfide) groups is 1. The van der Waals surface area contributed by atoms with Crippen LogP contribution in [-0.2, 0) is 17.8 Å². The first-order chi connectivity index (χ1) is 14.2. The predicted molar refractivity (Wildman–Crippen MR) is 115 cm³/mol. The molecule has 0 unspecified atom stereocenters. The minimum atomic E-state index is -0.0541. The van der Waals surface area contributed by atoms with Gasteiger partial charge in [0.15, 0.2) is 5.16 Å². The number of carbonyl (C=O) groups excluding carboxylic acids is 1. The fourth-order valence-corrected chi connectivity index (χ4v) is 4.00. The molecule has 0 spiro atoms. The number of hydrogen-bond donors (Lipinski definition) is 1. The van der Waals surface area contributed by atoms with Crippen molar-refractivity contribution in [2.45, 2.75) is 25.0 Å². The van der Waals surface area contributed by atoms with E-state index >= 15 is 0 Å². The smallest absolute Gasteiger partial charge is 0.234 e. The second kappa shape index (κ2) is 8.57.